The first-order valence-corrected chi connectivity index (χ1v) is 14.4. The normalized spacial score (nSPS) is 17.1. The van der Waals surface area contributed by atoms with Gasteiger partial charge in [-0.1, -0.05) is 111 Å². The second-order valence-corrected chi connectivity index (χ2v) is 14.7. The molecule has 0 saturated carbocycles. The van der Waals surface area contributed by atoms with E-state index < -0.39 is 8.24 Å². The van der Waals surface area contributed by atoms with E-state index in [4.69, 9.17) is 0 Å². The summed E-state index contributed by atoms with van der Waals surface area (Å²) in [4.78, 5) is 12.5. The molecule has 0 N–H and O–H groups in total. The minimum Gasteiger partial charge on any atom is -0.358 e. The van der Waals surface area contributed by atoms with E-state index in [1.54, 1.807) is 0 Å². The van der Waals surface area contributed by atoms with Crippen LogP contribution in [0, 0.1) is 0 Å². The molecular weight excluding hydrogens is 390 g/mol. The van der Waals surface area contributed by atoms with Gasteiger partial charge in [-0.15, -0.1) is 11.8 Å². The molecule has 0 aliphatic carbocycles. The van der Waals surface area contributed by atoms with Gasteiger partial charge in [0.1, 0.15) is 0 Å². The summed E-state index contributed by atoms with van der Waals surface area (Å²) in [5, 5.41) is 0.190. The summed E-state index contributed by atoms with van der Waals surface area (Å²) in [6.07, 6.45) is 0.614. The van der Waals surface area contributed by atoms with Gasteiger partial charge < -0.3 is 4.57 Å². The van der Waals surface area contributed by atoms with E-state index in [0.717, 1.165) is 0 Å². The van der Waals surface area contributed by atoms with E-state index in [-0.39, 0.29) is 10.1 Å². The van der Waals surface area contributed by atoms with Crippen molar-refractivity contribution in [3.05, 3.63) is 108 Å². The van der Waals surface area contributed by atoms with Crippen LogP contribution < -0.4 is 0 Å². The third kappa shape index (κ3) is 3.67. The number of hydrogen-bond acceptors (Lipinski definition) is 2. The molecule has 2 nitrogen and oxygen atoms in total. The summed E-state index contributed by atoms with van der Waals surface area (Å²) >= 11 is 1.92. The molecule has 1 aliphatic heterocycles. The quantitative estimate of drug-likeness (QED) is 0.274. The van der Waals surface area contributed by atoms with Crippen molar-refractivity contribution in [2.24, 2.45) is 0 Å². The maximum absolute atomic E-state index is 12.5. The molecule has 1 saturated heterocycles. The minimum atomic E-state index is -1.74. The molecule has 3 aromatic rings. The molecule has 0 bridgehead atoms. The van der Waals surface area contributed by atoms with Crippen LogP contribution in [-0.4, -0.2) is 24.1 Å². The lowest BCUT2D eigenvalue weighted by Gasteiger charge is -2.51. The summed E-state index contributed by atoms with van der Waals surface area (Å²) < 4.78 is 1.81. The first kappa shape index (κ1) is 20.0. The predicted molar refractivity (Wildman–Crippen MR) is 125 cm³/mol. The van der Waals surface area contributed by atoms with Crippen molar-refractivity contribution in [2.45, 2.75) is 36.2 Å². The fourth-order valence-electron chi connectivity index (χ4n) is 4.21. The number of rotatable bonds is 6. The number of benzene rings is 3. The number of β-lactam (4-membered cyclic amide) rings is 1. The van der Waals surface area contributed by atoms with E-state index in [0.29, 0.717) is 12.3 Å². The topological polar surface area (TPSA) is 20.3 Å². The van der Waals surface area contributed by atoms with Gasteiger partial charge >= 0.3 is 0 Å². The zero-order valence-corrected chi connectivity index (χ0v) is 19.0. The smallest absolute Gasteiger partial charge is 0.218 e. The van der Waals surface area contributed by atoms with Crippen molar-refractivity contribution in [1.29, 1.82) is 0 Å². The van der Waals surface area contributed by atoms with Crippen molar-refractivity contribution in [3.8, 4) is 0 Å². The highest BCUT2D eigenvalue weighted by Crippen LogP contribution is 2.53. The Morgan fingerprint density at radius 1 is 0.759 bits per heavy atom. The molecule has 29 heavy (non-hydrogen) atoms. The van der Waals surface area contributed by atoms with Gasteiger partial charge in [0.25, 0.3) is 0 Å². The average Bonchev–Trinajstić information content (AvgIpc) is 2.71. The Balaban J connectivity index is 1.90. The Morgan fingerprint density at radius 3 is 1.45 bits per heavy atom. The number of hydrogen-bond donors (Lipinski definition) is 0. The van der Waals surface area contributed by atoms with Gasteiger partial charge in [-0.05, 0) is 16.7 Å². The predicted octanol–water partition coefficient (Wildman–Crippen LogP) is 6.11. The summed E-state index contributed by atoms with van der Waals surface area (Å²) in [7, 11) is -1.74. The lowest BCUT2D eigenvalue weighted by Crippen LogP contribution is -2.63. The third-order valence-corrected chi connectivity index (χ3v) is 9.39. The standard InChI is InChI=1S/C25H27NOSSi/c1-29(2,3)26-23(27)19-24(26)28-25(20-13-7-4-8-14-20,21-15-9-5-10-16-21)22-17-11-6-12-18-22/h4-18,24H,19H2,1-3H3. The van der Waals surface area contributed by atoms with Crippen LogP contribution in [0.4, 0.5) is 0 Å². The molecule has 3 aromatic carbocycles. The van der Waals surface area contributed by atoms with E-state index in [2.05, 4.69) is 115 Å². The van der Waals surface area contributed by atoms with Crippen molar-refractivity contribution in [2.75, 3.05) is 0 Å². The van der Waals surface area contributed by atoms with Gasteiger partial charge in [0.15, 0.2) is 8.24 Å². The van der Waals surface area contributed by atoms with E-state index in [1.165, 1.54) is 16.7 Å². The number of amides is 1. The van der Waals surface area contributed by atoms with Crippen LogP contribution >= 0.6 is 11.8 Å². The highest BCUT2D eigenvalue weighted by molar-refractivity contribution is 8.01. The van der Waals surface area contributed by atoms with Crippen LogP contribution in [0.3, 0.4) is 0 Å². The Kier molecular flexibility index (Phi) is 5.41. The number of thioether (sulfide) groups is 1. The number of carbonyl (C=O) groups is 1. The van der Waals surface area contributed by atoms with Gasteiger partial charge in [-0.3, -0.25) is 4.79 Å². The highest BCUT2D eigenvalue weighted by atomic mass is 32.2. The van der Waals surface area contributed by atoms with Crippen LogP contribution in [0.2, 0.25) is 19.6 Å². The monoisotopic (exact) mass is 417 g/mol. The molecule has 1 fully saturated rings. The zero-order chi connectivity index (χ0) is 20.5. The van der Waals surface area contributed by atoms with Crippen LogP contribution in [-0.2, 0) is 9.54 Å². The maximum Gasteiger partial charge on any atom is 0.218 e. The Labute approximate surface area is 179 Å². The fraction of sp³-hybridized carbons (Fsp3) is 0.240. The van der Waals surface area contributed by atoms with Gasteiger partial charge in [-0.2, -0.15) is 0 Å². The molecule has 1 atom stereocenters. The molecule has 4 heteroatoms. The zero-order valence-electron chi connectivity index (χ0n) is 17.2. The summed E-state index contributed by atoms with van der Waals surface area (Å²) in [6.45, 7) is 6.77. The minimum absolute atomic E-state index is 0.190. The van der Waals surface area contributed by atoms with Crippen molar-refractivity contribution in [1.82, 2.24) is 4.57 Å². The molecule has 1 amide bonds. The molecule has 4 rings (SSSR count). The second kappa shape index (κ2) is 7.85. The van der Waals surface area contributed by atoms with Gasteiger partial charge in [-0.25, -0.2) is 0 Å². The molecular formula is C25H27NOSSi. The SMILES string of the molecule is C[Si](C)(C)N1C(=O)CC1SC(c1ccccc1)(c1ccccc1)c1ccccc1. The Morgan fingerprint density at radius 2 is 1.14 bits per heavy atom. The Bertz CT molecular complexity index is 873. The van der Waals surface area contributed by atoms with Crippen LogP contribution in [0.5, 0.6) is 0 Å². The third-order valence-electron chi connectivity index (χ3n) is 5.48. The maximum atomic E-state index is 12.5. The highest BCUT2D eigenvalue weighted by Gasteiger charge is 2.49. The summed E-state index contributed by atoms with van der Waals surface area (Å²) in [5.74, 6) is 0.296. The number of nitrogens with zero attached hydrogens (tertiary/aromatic N) is 1. The van der Waals surface area contributed by atoms with Crippen LogP contribution in [0.25, 0.3) is 0 Å². The van der Waals surface area contributed by atoms with E-state index in [1.807, 2.05) is 11.8 Å². The average molecular weight is 418 g/mol. The molecule has 0 radical (unpaired) electrons. The Hall–Kier alpha value is -2.30. The lowest BCUT2D eigenvalue weighted by atomic mass is 9.84. The largest absolute Gasteiger partial charge is 0.358 e. The molecule has 1 unspecified atom stereocenters. The molecule has 0 aromatic heterocycles. The van der Waals surface area contributed by atoms with Crippen molar-refractivity contribution < 1.29 is 4.79 Å². The fourth-order valence-corrected chi connectivity index (χ4v) is 8.79. The van der Waals surface area contributed by atoms with Crippen molar-refractivity contribution >= 4 is 25.9 Å². The number of carbonyl (C=O) groups excluding carboxylic acids is 1. The molecule has 148 valence electrons. The van der Waals surface area contributed by atoms with Crippen molar-refractivity contribution in [3.63, 3.8) is 0 Å². The van der Waals surface area contributed by atoms with E-state index in [9.17, 15) is 4.79 Å². The van der Waals surface area contributed by atoms with E-state index >= 15 is 0 Å². The van der Waals surface area contributed by atoms with Gasteiger partial charge in [0.05, 0.1) is 16.5 Å². The molecule has 1 aliphatic rings. The summed E-state index contributed by atoms with van der Waals surface area (Å²) in [5.41, 5.74) is 3.74. The molecule has 1 heterocycles. The first-order chi connectivity index (χ1) is 13.9. The van der Waals surface area contributed by atoms with Crippen LogP contribution in [0.1, 0.15) is 23.1 Å². The second-order valence-electron chi connectivity index (χ2n) is 8.49. The van der Waals surface area contributed by atoms with Gasteiger partial charge in [0.2, 0.25) is 5.91 Å². The molecule has 0 spiro atoms. The first-order valence-electron chi connectivity index (χ1n) is 10.1. The lowest BCUT2D eigenvalue weighted by molar-refractivity contribution is -0.135. The van der Waals surface area contributed by atoms with Crippen LogP contribution in [0.15, 0.2) is 91.0 Å². The van der Waals surface area contributed by atoms with Gasteiger partial charge in [0, 0.05) is 0 Å². The summed E-state index contributed by atoms with van der Waals surface area (Å²) in [6, 6.07) is 32.1.